The summed E-state index contributed by atoms with van der Waals surface area (Å²) in [7, 11) is 1.84. The Morgan fingerprint density at radius 1 is 2.00 bits per heavy atom. The van der Waals surface area contributed by atoms with Crippen molar-refractivity contribution in [3.8, 4) is 0 Å². The topological polar surface area (TPSA) is 49.3 Å². The highest BCUT2D eigenvalue weighted by atomic mass is 16.8. The zero-order valence-electron chi connectivity index (χ0n) is 4.16. The summed E-state index contributed by atoms with van der Waals surface area (Å²) >= 11 is 0. The minimum Gasteiger partial charge on any atom is -0.362 e. The van der Waals surface area contributed by atoms with Crippen molar-refractivity contribution in [1.82, 2.24) is 5.01 Å². The molecule has 0 spiro atoms. The highest BCUT2D eigenvalue weighted by Crippen LogP contribution is 1.84. The molecule has 0 bridgehead atoms. The van der Waals surface area contributed by atoms with Crippen molar-refractivity contribution in [2.24, 2.45) is 0 Å². The lowest BCUT2D eigenvalue weighted by molar-refractivity contribution is -0.979. The molecule has 4 heteroatoms. The number of aliphatic hydroxyl groups is 1. The second-order valence-corrected chi connectivity index (χ2v) is 1.64. The minimum atomic E-state index is -0.606. The molecule has 1 fully saturated rings. The molecule has 0 aromatic heterocycles. The van der Waals surface area contributed by atoms with Gasteiger partial charge in [-0.2, -0.15) is 4.84 Å². The number of hydrogen-bond acceptors (Lipinski definition) is 3. The van der Waals surface area contributed by atoms with Gasteiger partial charge in [0.1, 0.15) is 6.54 Å². The SMILES string of the molecule is CN1CC(O)O[NH2+]1. The predicted molar refractivity (Wildman–Crippen MR) is 21.6 cm³/mol. The Hall–Kier alpha value is -0.160. The van der Waals surface area contributed by atoms with Crippen molar-refractivity contribution in [2.75, 3.05) is 13.6 Å². The molecule has 1 unspecified atom stereocenters. The van der Waals surface area contributed by atoms with E-state index in [1.54, 1.807) is 5.01 Å². The molecule has 7 heavy (non-hydrogen) atoms. The van der Waals surface area contributed by atoms with Crippen LogP contribution in [-0.2, 0) is 4.84 Å². The molecule has 0 radical (unpaired) electrons. The third-order valence-corrected chi connectivity index (χ3v) is 0.842. The number of nitrogens with two attached hydrogens (primary N) is 1. The highest BCUT2D eigenvalue weighted by molar-refractivity contribution is 4.39. The lowest BCUT2D eigenvalue weighted by atomic mass is 10.6. The van der Waals surface area contributed by atoms with E-state index < -0.39 is 6.29 Å². The number of aliphatic hydroxyl groups excluding tert-OH is 1. The summed E-state index contributed by atoms with van der Waals surface area (Å²) in [5, 5.41) is 10.4. The van der Waals surface area contributed by atoms with Crippen LogP contribution in [0.1, 0.15) is 0 Å². The van der Waals surface area contributed by atoms with Gasteiger partial charge in [-0.25, -0.2) is 0 Å². The normalized spacial score (nSPS) is 34.3. The van der Waals surface area contributed by atoms with Crippen LogP contribution in [0, 0.1) is 0 Å². The van der Waals surface area contributed by atoms with E-state index in [0.29, 0.717) is 6.54 Å². The van der Waals surface area contributed by atoms with E-state index in [4.69, 9.17) is 5.11 Å². The summed E-state index contributed by atoms with van der Waals surface area (Å²) < 4.78 is 0. The standard InChI is InChI=1S/C3H8N2O2/c1-5-2-3(6)7-4-5/h3-4,6H,2H2,1H3/p+1. The molecular formula is C3H9N2O2+. The van der Waals surface area contributed by atoms with Gasteiger partial charge in [0.05, 0.1) is 0 Å². The second kappa shape index (κ2) is 1.75. The van der Waals surface area contributed by atoms with Gasteiger partial charge in [-0.05, 0) is 0 Å². The van der Waals surface area contributed by atoms with Crippen molar-refractivity contribution in [3.63, 3.8) is 0 Å². The number of hydrogen-bond donors (Lipinski definition) is 2. The van der Waals surface area contributed by atoms with Crippen LogP contribution in [0.25, 0.3) is 0 Å². The van der Waals surface area contributed by atoms with Crippen molar-refractivity contribution >= 4 is 0 Å². The first-order valence-corrected chi connectivity index (χ1v) is 2.16. The molecule has 0 saturated carbocycles. The molecular weight excluding hydrogens is 96.0 g/mol. The molecule has 1 heterocycles. The van der Waals surface area contributed by atoms with E-state index in [-0.39, 0.29) is 0 Å². The van der Waals surface area contributed by atoms with Gasteiger partial charge in [0, 0.05) is 7.05 Å². The first-order chi connectivity index (χ1) is 3.29. The van der Waals surface area contributed by atoms with Gasteiger partial charge in [-0.15, -0.1) is 10.6 Å². The largest absolute Gasteiger partial charge is 0.362 e. The van der Waals surface area contributed by atoms with Crippen LogP contribution < -0.4 is 5.59 Å². The van der Waals surface area contributed by atoms with Crippen LogP contribution in [0.4, 0.5) is 0 Å². The average Bonchev–Trinajstić information content (AvgIpc) is 1.87. The van der Waals surface area contributed by atoms with Gasteiger partial charge >= 0.3 is 0 Å². The van der Waals surface area contributed by atoms with E-state index in [1.807, 2.05) is 7.05 Å². The maximum atomic E-state index is 8.60. The molecule has 1 rings (SSSR count). The minimum absolute atomic E-state index is 0.583. The number of quaternary nitrogens is 1. The molecule has 0 aromatic carbocycles. The monoisotopic (exact) mass is 105 g/mol. The Bertz CT molecular complexity index is 60.0. The molecule has 1 saturated heterocycles. The smallest absolute Gasteiger partial charge is 0.233 e. The fourth-order valence-electron chi connectivity index (χ4n) is 0.507. The molecule has 42 valence electrons. The average molecular weight is 105 g/mol. The maximum absolute atomic E-state index is 8.60. The van der Waals surface area contributed by atoms with E-state index >= 15 is 0 Å². The van der Waals surface area contributed by atoms with Crippen molar-refractivity contribution in [1.29, 1.82) is 0 Å². The Morgan fingerprint density at radius 3 is 2.86 bits per heavy atom. The lowest BCUT2D eigenvalue weighted by Crippen LogP contribution is -2.87. The zero-order chi connectivity index (χ0) is 5.28. The first kappa shape index (κ1) is 4.99. The Morgan fingerprint density at radius 2 is 2.71 bits per heavy atom. The van der Waals surface area contributed by atoms with Crippen LogP contribution >= 0.6 is 0 Å². The van der Waals surface area contributed by atoms with Gasteiger partial charge in [0.15, 0.2) is 0 Å². The molecule has 1 aliphatic heterocycles. The Labute approximate surface area is 41.6 Å². The fraction of sp³-hybridized carbons (Fsp3) is 1.00. The van der Waals surface area contributed by atoms with Crippen LogP contribution in [-0.4, -0.2) is 30.0 Å². The first-order valence-electron chi connectivity index (χ1n) is 2.16. The van der Waals surface area contributed by atoms with Crippen molar-refractivity contribution in [2.45, 2.75) is 6.29 Å². The van der Waals surface area contributed by atoms with Crippen molar-refractivity contribution < 1.29 is 15.5 Å². The van der Waals surface area contributed by atoms with Crippen LogP contribution in [0.15, 0.2) is 0 Å². The van der Waals surface area contributed by atoms with Crippen molar-refractivity contribution in [3.05, 3.63) is 0 Å². The van der Waals surface area contributed by atoms with E-state index in [9.17, 15) is 0 Å². The summed E-state index contributed by atoms with van der Waals surface area (Å²) in [5.74, 6) is 0. The van der Waals surface area contributed by atoms with Crippen LogP contribution in [0.2, 0.25) is 0 Å². The quantitative estimate of drug-likeness (QED) is 0.339. The lowest BCUT2D eigenvalue weighted by Gasteiger charge is -1.93. The Balaban J connectivity index is 2.26. The third-order valence-electron chi connectivity index (χ3n) is 0.842. The van der Waals surface area contributed by atoms with Gasteiger partial charge < -0.3 is 5.11 Å². The summed E-state index contributed by atoms with van der Waals surface area (Å²) in [5.41, 5.74) is 1.50. The molecule has 0 aliphatic carbocycles. The van der Waals surface area contributed by atoms with E-state index in [2.05, 4.69) is 4.84 Å². The summed E-state index contributed by atoms with van der Waals surface area (Å²) in [6.07, 6.45) is -0.606. The van der Waals surface area contributed by atoms with Gasteiger partial charge in [0.25, 0.3) is 0 Å². The summed E-state index contributed by atoms with van der Waals surface area (Å²) in [6, 6.07) is 0. The molecule has 4 nitrogen and oxygen atoms in total. The zero-order valence-corrected chi connectivity index (χ0v) is 4.16. The van der Waals surface area contributed by atoms with Crippen LogP contribution in [0.5, 0.6) is 0 Å². The van der Waals surface area contributed by atoms with Gasteiger partial charge in [0.2, 0.25) is 6.29 Å². The molecule has 0 amide bonds. The predicted octanol–water partition coefficient (Wildman–Crippen LogP) is -2.34. The second-order valence-electron chi connectivity index (χ2n) is 1.64. The van der Waals surface area contributed by atoms with Gasteiger partial charge in [-0.3, -0.25) is 0 Å². The molecule has 1 aliphatic rings. The molecule has 3 N–H and O–H groups in total. The number of nitrogens with zero attached hydrogens (tertiary/aromatic N) is 1. The fourth-order valence-corrected chi connectivity index (χ4v) is 0.507. The molecule has 0 aromatic rings. The number of likely N-dealkylation sites (N-methyl/N-ethyl adjacent to an activating group) is 1. The summed E-state index contributed by atoms with van der Waals surface area (Å²) in [4.78, 5) is 4.62. The van der Waals surface area contributed by atoms with Gasteiger partial charge in [-0.1, -0.05) is 0 Å². The third kappa shape index (κ3) is 1.10. The number of rotatable bonds is 0. The van der Waals surface area contributed by atoms with E-state index in [0.717, 1.165) is 0 Å². The maximum Gasteiger partial charge on any atom is 0.233 e. The van der Waals surface area contributed by atoms with Crippen LogP contribution in [0.3, 0.4) is 0 Å². The van der Waals surface area contributed by atoms with E-state index in [1.165, 1.54) is 5.59 Å². The molecule has 1 atom stereocenters. The number of β-amino-alcohol motifs (C(OH)–C–C–N with tert-alkyl or cyclic N) is 1. The summed E-state index contributed by atoms with van der Waals surface area (Å²) in [6.45, 7) is 0.583. The Kier molecular flexibility index (Phi) is 1.25. The highest BCUT2D eigenvalue weighted by Gasteiger charge is 2.20.